The van der Waals surface area contributed by atoms with E-state index >= 15 is 0 Å². The van der Waals surface area contributed by atoms with E-state index in [0.29, 0.717) is 5.70 Å². The maximum absolute atomic E-state index is 13.2. The van der Waals surface area contributed by atoms with Crippen LogP contribution in [0.1, 0.15) is 43.9 Å². The van der Waals surface area contributed by atoms with Gasteiger partial charge in [0.05, 0.1) is 16.2 Å². The van der Waals surface area contributed by atoms with E-state index in [1.807, 2.05) is 6.07 Å². The van der Waals surface area contributed by atoms with Gasteiger partial charge in [0.15, 0.2) is 0 Å². The summed E-state index contributed by atoms with van der Waals surface area (Å²) >= 11 is 0. The first-order valence-corrected chi connectivity index (χ1v) is 9.83. The summed E-state index contributed by atoms with van der Waals surface area (Å²) in [7, 11) is 0. The zero-order chi connectivity index (χ0) is 23.4. The van der Waals surface area contributed by atoms with Crippen molar-refractivity contribution in [1.29, 1.82) is 0 Å². The Morgan fingerprint density at radius 3 is 2.31 bits per heavy atom. The summed E-state index contributed by atoms with van der Waals surface area (Å²) < 4.78 is 36.2. The molecule has 0 saturated carbocycles. The lowest BCUT2D eigenvalue weighted by atomic mass is 9.83. The van der Waals surface area contributed by atoms with E-state index in [9.17, 15) is 23.7 Å². The Kier molecular flexibility index (Phi) is 6.87. The van der Waals surface area contributed by atoms with Crippen LogP contribution in [-0.4, -0.2) is 17.5 Å². The highest BCUT2D eigenvalue weighted by molar-refractivity contribution is 5.92. The van der Waals surface area contributed by atoms with Crippen LogP contribution in [0.4, 0.5) is 8.78 Å². The predicted molar refractivity (Wildman–Crippen MR) is 112 cm³/mol. The van der Waals surface area contributed by atoms with Gasteiger partial charge in [-0.1, -0.05) is 48.5 Å². The highest BCUT2D eigenvalue weighted by Gasteiger charge is 2.42. The van der Waals surface area contributed by atoms with Gasteiger partial charge < -0.3 is 14.8 Å². The van der Waals surface area contributed by atoms with Gasteiger partial charge in [-0.15, -0.1) is 0 Å². The molecule has 0 aromatic heterocycles. The molecule has 1 aliphatic heterocycles. The molecule has 0 bridgehead atoms. The maximum Gasteiger partial charge on any atom is 0.387 e. The quantitative estimate of drug-likeness (QED) is 0.365. The van der Waals surface area contributed by atoms with Crippen molar-refractivity contribution in [1.82, 2.24) is 5.32 Å². The molecule has 0 fully saturated rings. The van der Waals surface area contributed by atoms with Crippen LogP contribution in [-0.2, 0) is 9.53 Å². The Morgan fingerprint density at radius 1 is 1.06 bits per heavy atom. The fraction of sp³-hybridized carbons (Fsp3) is 0.261. The number of hydrogen-bond acceptors (Lipinski definition) is 6. The van der Waals surface area contributed by atoms with Crippen LogP contribution in [0, 0.1) is 10.1 Å². The van der Waals surface area contributed by atoms with Gasteiger partial charge in [-0.25, -0.2) is 4.79 Å². The van der Waals surface area contributed by atoms with E-state index in [2.05, 4.69) is 10.1 Å². The van der Waals surface area contributed by atoms with E-state index in [-0.39, 0.29) is 28.3 Å². The zero-order valence-electron chi connectivity index (χ0n) is 17.7. The van der Waals surface area contributed by atoms with Crippen molar-refractivity contribution in [2.45, 2.75) is 39.4 Å². The van der Waals surface area contributed by atoms with E-state index < -0.39 is 29.5 Å². The Balaban J connectivity index is 2.08. The largest absolute Gasteiger partial charge is 0.454 e. The van der Waals surface area contributed by atoms with Crippen molar-refractivity contribution in [2.75, 3.05) is 0 Å². The average Bonchev–Trinajstić information content (AvgIpc) is 2.73. The molecule has 0 saturated heterocycles. The van der Waals surface area contributed by atoms with E-state index in [0.717, 1.165) is 5.56 Å². The number of alkyl halides is 2. The molecule has 1 N–H and O–H groups in total. The number of carbonyl (C=O) groups excluding carboxylic acids is 1. The molecule has 7 nitrogen and oxygen atoms in total. The number of rotatable bonds is 7. The molecule has 0 amide bonds. The molecule has 0 radical (unpaired) electrons. The van der Waals surface area contributed by atoms with Crippen LogP contribution in [0.25, 0.3) is 0 Å². The summed E-state index contributed by atoms with van der Waals surface area (Å²) in [4.78, 5) is 24.5. The molecule has 168 valence electrons. The molecule has 1 heterocycles. The minimum absolute atomic E-state index is 0.0459. The second kappa shape index (κ2) is 9.59. The number of nitro groups is 1. The van der Waals surface area contributed by atoms with Crippen molar-refractivity contribution < 1.29 is 28.0 Å². The van der Waals surface area contributed by atoms with Gasteiger partial charge in [-0.2, -0.15) is 8.78 Å². The molecule has 2 unspecified atom stereocenters. The third kappa shape index (κ3) is 4.77. The molecule has 1 aliphatic rings. The third-order valence-electron chi connectivity index (χ3n) is 5.14. The monoisotopic (exact) mass is 444 g/mol. The molecule has 9 heteroatoms. The molecule has 0 spiro atoms. The number of esters is 1. The number of hydrogen-bond donors (Lipinski definition) is 1. The number of dihydropyridines is 1. The second-order valence-electron chi connectivity index (χ2n) is 7.24. The number of benzene rings is 2. The molecule has 2 aromatic rings. The minimum Gasteiger partial charge on any atom is -0.454 e. The van der Waals surface area contributed by atoms with Crippen LogP contribution in [0.2, 0.25) is 0 Å². The predicted octanol–water partition coefficient (Wildman–Crippen LogP) is 5.06. The van der Waals surface area contributed by atoms with Crippen LogP contribution >= 0.6 is 0 Å². The van der Waals surface area contributed by atoms with E-state index in [4.69, 9.17) is 4.74 Å². The summed E-state index contributed by atoms with van der Waals surface area (Å²) in [5.41, 5.74) is 0.934. The van der Waals surface area contributed by atoms with Crippen molar-refractivity contribution in [2.24, 2.45) is 0 Å². The van der Waals surface area contributed by atoms with Gasteiger partial charge in [-0.05, 0) is 32.4 Å². The molecule has 2 atom stereocenters. The lowest BCUT2D eigenvalue weighted by Gasteiger charge is -2.28. The number of ether oxygens (including phenoxy) is 2. The van der Waals surface area contributed by atoms with Gasteiger partial charge in [0.25, 0.3) is 5.70 Å². The lowest BCUT2D eigenvalue weighted by molar-refractivity contribution is -0.431. The number of halogens is 2. The third-order valence-corrected chi connectivity index (χ3v) is 5.14. The van der Waals surface area contributed by atoms with Crippen molar-refractivity contribution in [3.8, 4) is 5.75 Å². The van der Waals surface area contributed by atoms with E-state index in [1.165, 1.54) is 31.2 Å². The van der Waals surface area contributed by atoms with Crippen molar-refractivity contribution >= 4 is 5.97 Å². The summed E-state index contributed by atoms with van der Waals surface area (Å²) in [5.74, 6) is -2.32. The van der Waals surface area contributed by atoms with Crippen molar-refractivity contribution in [3.05, 3.63) is 98.5 Å². The first-order valence-electron chi connectivity index (χ1n) is 9.83. The fourth-order valence-corrected chi connectivity index (χ4v) is 3.74. The summed E-state index contributed by atoms with van der Waals surface area (Å²) in [6.07, 6.45) is -0.636. The van der Waals surface area contributed by atoms with Gasteiger partial charge in [0, 0.05) is 11.3 Å². The van der Waals surface area contributed by atoms with Gasteiger partial charge >= 0.3 is 12.6 Å². The molecule has 2 aromatic carbocycles. The highest BCUT2D eigenvalue weighted by Crippen LogP contribution is 2.43. The highest BCUT2D eigenvalue weighted by atomic mass is 19.3. The second-order valence-corrected chi connectivity index (χ2v) is 7.24. The number of nitrogens with zero attached hydrogens (tertiary/aromatic N) is 1. The topological polar surface area (TPSA) is 90.7 Å². The number of carbonyl (C=O) groups is 1. The summed E-state index contributed by atoms with van der Waals surface area (Å²) in [6, 6.07) is 14.7. The van der Waals surface area contributed by atoms with Crippen LogP contribution in [0.5, 0.6) is 5.75 Å². The van der Waals surface area contributed by atoms with Gasteiger partial charge in [0.1, 0.15) is 17.8 Å². The first-order chi connectivity index (χ1) is 15.2. The molecular weight excluding hydrogens is 422 g/mol. The van der Waals surface area contributed by atoms with Crippen LogP contribution in [0.3, 0.4) is 0 Å². The molecule has 0 aliphatic carbocycles. The SMILES string of the molecule is CC1=C(C(=O)OC(C)c2ccccc2)C(c2ccccc2OC(F)F)C([N+](=O)[O-])=C(C)N1. The number of nitrogens with one attached hydrogen (secondary N) is 1. The van der Waals surface area contributed by atoms with Gasteiger partial charge in [-0.3, -0.25) is 10.1 Å². The maximum atomic E-state index is 13.2. The summed E-state index contributed by atoms with van der Waals surface area (Å²) in [5, 5.41) is 14.8. The molecule has 3 rings (SSSR count). The van der Waals surface area contributed by atoms with Gasteiger partial charge in [0.2, 0.25) is 0 Å². The standard InChI is InChI=1S/C23H22F2N2O5/c1-13-19(22(28)31-15(3)16-9-5-4-6-10-16)20(21(27(29)30)14(2)26-13)17-11-7-8-12-18(17)32-23(24)25/h4-12,15,20,23,26H,1-3H3. The molecule has 32 heavy (non-hydrogen) atoms. The first kappa shape index (κ1) is 22.9. The van der Waals surface area contributed by atoms with Crippen LogP contribution in [0.15, 0.2) is 77.3 Å². The number of allylic oxidation sites excluding steroid dienone is 3. The minimum atomic E-state index is -3.14. The Labute approximate surface area is 183 Å². The van der Waals surface area contributed by atoms with E-state index in [1.54, 1.807) is 38.1 Å². The Hall–Kier alpha value is -3.75. The lowest BCUT2D eigenvalue weighted by Crippen LogP contribution is -2.32. The Bertz CT molecular complexity index is 1080. The average molecular weight is 444 g/mol. The Morgan fingerprint density at radius 2 is 1.69 bits per heavy atom. The molecular formula is C23H22F2N2O5. The fourth-order valence-electron chi connectivity index (χ4n) is 3.74. The number of para-hydroxylation sites is 1. The van der Waals surface area contributed by atoms with Crippen LogP contribution < -0.4 is 10.1 Å². The summed E-state index contributed by atoms with van der Waals surface area (Å²) in [6.45, 7) is 1.60. The smallest absolute Gasteiger partial charge is 0.387 e. The normalized spacial score (nSPS) is 17.1. The van der Waals surface area contributed by atoms with Crippen molar-refractivity contribution in [3.63, 3.8) is 0 Å². The zero-order valence-corrected chi connectivity index (χ0v) is 17.7.